The van der Waals surface area contributed by atoms with E-state index in [0.717, 1.165) is 16.8 Å². The first kappa shape index (κ1) is 11.0. The molecule has 0 aliphatic carbocycles. The van der Waals surface area contributed by atoms with E-state index in [0.29, 0.717) is 13.2 Å². The van der Waals surface area contributed by atoms with E-state index in [1.807, 2.05) is 32.0 Å². The van der Waals surface area contributed by atoms with Gasteiger partial charge in [-0.2, -0.15) is 0 Å². The van der Waals surface area contributed by atoms with Crippen LogP contribution in [-0.2, 0) is 9.47 Å². The predicted octanol–water partition coefficient (Wildman–Crippen LogP) is 2.25. The van der Waals surface area contributed by atoms with Crippen molar-refractivity contribution in [1.82, 2.24) is 0 Å². The van der Waals surface area contributed by atoms with Gasteiger partial charge in [0.15, 0.2) is 0 Å². The van der Waals surface area contributed by atoms with Crippen LogP contribution in [0.4, 0.5) is 10.5 Å². The van der Waals surface area contributed by atoms with Crippen molar-refractivity contribution in [2.24, 2.45) is 0 Å². The Balaban J connectivity index is 1.91. The highest BCUT2D eigenvalue weighted by atomic mass is 16.6. The Morgan fingerprint density at radius 3 is 3.00 bits per heavy atom. The highest BCUT2D eigenvalue weighted by Gasteiger charge is 2.24. The lowest BCUT2D eigenvalue weighted by Crippen LogP contribution is -2.17. The summed E-state index contributed by atoms with van der Waals surface area (Å²) in [5.74, 6) is 0. The second-order valence-electron chi connectivity index (χ2n) is 3.93. The van der Waals surface area contributed by atoms with Gasteiger partial charge in [-0.3, -0.25) is 5.32 Å². The predicted molar refractivity (Wildman–Crippen MR) is 60.6 cm³/mol. The zero-order chi connectivity index (χ0) is 11.5. The summed E-state index contributed by atoms with van der Waals surface area (Å²) in [6.45, 7) is 4.99. The quantitative estimate of drug-likeness (QED) is 0.796. The van der Waals surface area contributed by atoms with Crippen LogP contribution in [0.3, 0.4) is 0 Å². The zero-order valence-corrected chi connectivity index (χ0v) is 9.45. The van der Waals surface area contributed by atoms with Crippen LogP contribution in [0.25, 0.3) is 0 Å². The van der Waals surface area contributed by atoms with Gasteiger partial charge < -0.3 is 9.47 Å². The molecule has 86 valence electrons. The summed E-state index contributed by atoms with van der Waals surface area (Å²) in [6, 6.07) is 5.77. The fourth-order valence-electron chi connectivity index (χ4n) is 1.37. The van der Waals surface area contributed by atoms with Gasteiger partial charge in [-0.25, -0.2) is 4.79 Å². The van der Waals surface area contributed by atoms with Gasteiger partial charge in [-0.1, -0.05) is 12.1 Å². The average molecular weight is 221 g/mol. The van der Waals surface area contributed by atoms with Gasteiger partial charge in [0.2, 0.25) is 0 Å². The van der Waals surface area contributed by atoms with Gasteiger partial charge in [0.1, 0.15) is 12.7 Å². The zero-order valence-electron chi connectivity index (χ0n) is 9.45. The molecule has 0 radical (unpaired) electrons. The molecule has 1 N–H and O–H groups in total. The van der Waals surface area contributed by atoms with Crippen LogP contribution < -0.4 is 5.32 Å². The topological polar surface area (TPSA) is 50.9 Å². The SMILES string of the molecule is Cc1cccc(NC(=O)OC[C@H]2CO2)c1C. The molecule has 0 aromatic heterocycles. The summed E-state index contributed by atoms with van der Waals surface area (Å²) in [5.41, 5.74) is 2.99. The highest BCUT2D eigenvalue weighted by molar-refractivity contribution is 5.85. The standard InChI is InChI=1S/C12H15NO3/c1-8-4-3-5-11(9(8)2)13-12(14)16-7-10-6-15-10/h3-5,10H,6-7H2,1-2H3,(H,13,14)/t10-/m1/s1. The summed E-state index contributed by atoms with van der Waals surface area (Å²) in [4.78, 5) is 11.4. The van der Waals surface area contributed by atoms with Crippen molar-refractivity contribution in [3.05, 3.63) is 29.3 Å². The fraction of sp³-hybridized carbons (Fsp3) is 0.417. The molecule has 0 unspecified atom stereocenters. The molecule has 16 heavy (non-hydrogen) atoms. The summed E-state index contributed by atoms with van der Waals surface area (Å²) >= 11 is 0. The number of hydrogen-bond donors (Lipinski definition) is 1. The molecule has 1 aromatic carbocycles. The minimum Gasteiger partial charge on any atom is -0.446 e. The third-order valence-electron chi connectivity index (χ3n) is 2.64. The number of anilines is 1. The molecular formula is C12H15NO3. The first-order valence-corrected chi connectivity index (χ1v) is 5.28. The molecule has 1 heterocycles. The average Bonchev–Trinajstić information content (AvgIpc) is 3.06. The van der Waals surface area contributed by atoms with Crippen LogP contribution in [0.2, 0.25) is 0 Å². The first-order chi connectivity index (χ1) is 7.66. The number of rotatable bonds is 3. The Morgan fingerprint density at radius 2 is 2.31 bits per heavy atom. The number of benzene rings is 1. The second kappa shape index (κ2) is 4.53. The van der Waals surface area contributed by atoms with Gasteiger partial charge in [-0.15, -0.1) is 0 Å². The maximum absolute atomic E-state index is 11.4. The molecular weight excluding hydrogens is 206 g/mol. The number of carbonyl (C=O) groups excluding carboxylic acids is 1. The Bertz CT molecular complexity index is 399. The van der Waals surface area contributed by atoms with E-state index in [9.17, 15) is 4.79 Å². The van der Waals surface area contributed by atoms with E-state index in [2.05, 4.69) is 5.32 Å². The van der Waals surface area contributed by atoms with Gasteiger partial charge >= 0.3 is 6.09 Å². The van der Waals surface area contributed by atoms with Gasteiger partial charge in [0, 0.05) is 5.69 Å². The van der Waals surface area contributed by atoms with Crippen molar-refractivity contribution in [3.63, 3.8) is 0 Å². The smallest absolute Gasteiger partial charge is 0.411 e. The van der Waals surface area contributed by atoms with E-state index < -0.39 is 6.09 Å². The molecule has 4 heteroatoms. The van der Waals surface area contributed by atoms with Gasteiger partial charge in [0.05, 0.1) is 6.61 Å². The lowest BCUT2D eigenvalue weighted by Gasteiger charge is -2.10. The maximum Gasteiger partial charge on any atom is 0.411 e. The minimum atomic E-state index is -0.427. The van der Waals surface area contributed by atoms with Crippen molar-refractivity contribution in [3.8, 4) is 0 Å². The number of hydrogen-bond acceptors (Lipinski definition) is 3. The second-order valence-corrected chi connectivity index (χ2v) is 3.93. The molecule has 1 aliphatic rings. The summed E-state index contributed by atoms with van der Waals surface area (Å²) < 4.78 is 9.94. The molecule has 1 fully saturated rings. The van der Waals surface area contributed by atoms with Crippen LogP contribution in [0.1, 0.15) is 11.1 Å². The van der Waals surface area contributed by atoms with Crippen molar-refractivity contribution >= 4 is 11.8 Å². The Morgan fingerprint density at radius 1 is 1.56 bits per heavy atom. The molecule has 1 saturated heterocycles. The molecule has 4 nitrogen and oxygen atoms in total. The summed E-state index contributed by atoms with van der Waals surface area (Å²) in [5, 5.41) is 2.72. The number of aryl methyl sites for hydroxylation is 1. The number of carbonyl (C=O) groups is 1. The van der Waals surface area contributed by atoms with Gasteiger partial charge in [-0.05, 0) is 31.0 Å². The molecule has 2 rings (SSSR count). The third-order valence-corrected chi connectivity index (χ3v) is 2.64. The van der Waals surface area contributed by atoms with Crippen molar-refractivity contribution < 1.29 is 14.3 Å². The normalized spacial score (nSPS) is 18.0. The van der Waals surface area contributed by atoms with Crippen LogP contribution in [0.5, 0.6) is 0 Å². The summed E-state index contributed by atoms with van der Waals surface area (Å²) in [6.07, 6.45) is -0.325. The van der Waals surface area contributed by atoms with Crippen LogP contribution >= 0.6 is 0 Å². The van der Waals surface area contributed by atoms with E-state index in [-0.39, 0.29) is 6.10 Å². The Hall–Kier alpha value is -1.55. The number of amides is 1. The largest absolute Gasteiger partial charge is 0.446 e. The number of nitrogens with one attached hydrogen (secondary N) is 1. The van der Waals surface area contributed by atoms with Crippen molar-refractivity contribution in [1.29, 1.82) is 0 Å². The van der Waals surface area contributed by atoms with E-state index in [1.54, 1.807) is 0 Å². The van der Waals surface area contributed by atoms with Gasteiger partial charge in [0.25, 0.3) is 0 Å². The molecule has 0 saturated carbocycles. The van der Waals surface area contributed by atoms with E-state index in [1.165, 1.54) is 0 Å². The van der Waals surface area contributed by atoms with Crippen molar-refractivity contribution in [2.75, 3.05) is 18.5 Å². The molecule has 1 aromatic rings. The van der Waals surface area contributed by atoms with E-state index in [4.69, 9.17) is 9.47 Å². The molecule has 1 atom stereocenters. The minimum absolute atomic E-state index is 0.101. The molecule has 1 aliphatic heterocycles. The van der Waals surface area contributed by atoms with Crippen LogP contribution in [0.15, 0.2) is 18.2 Å². The maximum atomic E-state index is 11.4. The number of ether oxygens (including phenoxy) is 2. The lowest BCUT2D eigenvalue weighted by atomic mass is 10.1. The van der Waals surface area contributed by atoms with Crippen molar-refractivity contribution in [2.45, 2.75) is 20.0 Å². The third kappa shape index (κ3) is 2.73. The molecule has 1 amide bonds. The highest BCUT2D eigenvalue weighted by Crippen LogP contribution is 2.18. The molecule has 0 bridgehead atoms. The lowest BCUT2D eigenvalue weighted by molar-refractivity contribution is 0.150. The van der Waals surface area contributed by atoms with Crippen LogP contribution in [-0.4, -0.2) is 25.4 Å². The Labute approximate surface area is 94.6 Å². The summed E-state index contributed by atoms with van der Waals surface area (Å²) in [7, 11) is 0. The molecule has 0 spiro atoms. The first-order valence-electron chi connectivity index (χ1n) is 5.28. The fourth-order valence-corrected chi connectivity index (χ4v) is 1.37. The number of epoxide rings is 1. The Kier molecular flexibility index (Phi) is 3.10. The monoisotopic (exact) mass is 221 g/mol. The van der Waals surface area contributed by atoms with E-state index >= 15 is 0 Å². The van der Waals surface area contributed by atoms with Crippen LogP contribution in [0, 0.1) is 13.8 Å².